The lowest BCUT2D eigenvalue weighted by molar-refractivity contribution is -0.137. The SMILES string of the molecule is CCC(C(=O)Nc1ccc(OC)cc1)N(Cc1nc(-c2ccc(Cl)cc2)cs1)C(=O)CSc1nc(C)cc(C)n1. The molecule has 1 N–H and O–H groups in total. The van der Waals surface area contributed by atoms with Gasteiger partial charge in [-0.1, -0.05) is 42.4 Å². The molecule has 0 spiro atoms. The lowest BCUT2D eigenvalue weighted by Crippen LogP contribution is -2.47. The third kappa shape index (κ3) is 7.80. The van der Waals surface area contributed by atoms with Crippen LogP contribution in [0.4, 0.5) is 5.69 Å². The molecule has 11 heteroatoms. The van der Waals surface area contributed by atoms with Gasteiger partial charge in [0.15, 0.2) is 5.16 Å². The lowest BCUT2D eigenvalue weighted by atomic mass is 10.1. The molecule has 0 fully saturated rings. The molecule has 2 heterocycles. The van der Waals surface area contributed by atoms with Crippen molar-refractivity contribution in [3.05, 3.63) is 81.4 Å². The van der Waals surface area contributed by atoms with Crippen molar-refractivity contribution in [2.24, 2.45) is 0 Å². The molecule has 0 bridgehead atoms. The molecule has 4 aromatic rings. The number of rotatable bonds is 11. The van der Waals surface area contributed by atoms with Gasteiger partial charge in [-0.05, 0) is 62.7 Å². The molecule has 0 aliphatic rings. The van der Waals surface area contributed by atoms with Crippen molar-refractivity contribution >= 4 is 52.2 Å². The monoisotopic (exact) mass is 595 g/mol. The minimum atomic E-state index is -0.710. The Bertz CT molecular complexity index is 1440. The maximum absolute atomic E-state index is 13.7. The molecule has 2 amide bonds. The first-order valence-electron chi connectivity index (χ1n) is 12.7. The number of hydrogen-bond donors (Lipinski definition) is 1. The normalized spacial score (nSPS) is 11.6. The summed E-state index contributed by atoms with van der Waals surface area (Å²) in [6.45, 7) is 5.87. The minimum absolute atomic E-state index is 0.0879. The van der Waals surface area contributed by atoms with Crippen LogP contribution in [0, 0.1) is 13.8 Å². The molecule has 208 valence electrons. The number of halogens is 1. The molecule has 0 saturated heterocycles. The topological polar surface area (TPSA) is 97.3 Å². The van der Waals surface area contributed by atoms with Gasteiger partial charge >= 0.3 is 0 Å². The van der Waals surface area contributed by atoms with Gasteiger partial charge in [0, 0.05) is 33.0 Å². The summed E-state index contributed by atoms with van der Waals surface area (Å²) < 4.78 is 5.21. The Morgan fingerprint density at radius 2 is 1.73 bits per heavy atom. The lowest BCUT2D eigenvalue weighted by Gasteiger charge is -2.29. The number of anilines is 1. The second-order valence-corrected chi connectivity index (χ2v) is 11.3. The number of thiazole rings is 1. The summed E-state index contributed by atoms with van der Waals surface area (Å²) in [4.78, 5) is 42.3. The molecule has 8 nitrogen and oxygen atoms in total. The highest BCUT2D eigenvalue weighted by molar-refractivity contribution is 7.99. The molecule has 4 rings (SSSR count). The Hall–Kier alpha value is -3.47. The molecule has 1 atom stereocenters. The number of thioether (sulfide) groups is 1. The van der Waals surface area contributed by atoms with Crippen LogP contribution in [-0.4, -0.2) is 50.6 Å². The van der Waals surface area contributed by atoms with Crippen LogP contribution in [0.5, 0.6) is 5.75 Å². The summed E-state index contributed by atoms with van der Waals surface area (Å²) in [5.41, 5.74) is 4.01. The minimum Gasteiger partial charge on any atom is -0.497 e. The number of nitrogens with zero attached hydrogens (tertiary/aromatic N) is 4. The van der Waals surface area contributed by atoms with Crippen LogP contribution in [-0.2, 0) is 16.1 Å². The Balaban J connectivity index is 1.56. The summed E-state index contributed by atoms with van der Waals surface area (Å²) in [5, 5.41) is 6.78. The van der Waals surface area contributed by atoms with E-state index in [0.717, 1.165) is 27.7 Å². The van der Waals surface area contributed by atoms with Crippen LogP contribution in [0.3, 0.4) is 0 Å². The van der Waals surface area contributed by atoms with Crippen LogP contribution < -0.4 is 10.1 Å². The predicted molar refractivity (Wildman–Crippen MR) is 161 cm³/mol. The quantitative estimate of drug-likeness (QED) is 0.158. The summed E-state index contributed by atoms with van der Waals surface area (Å²) in [6.07, 6.45) is 0.424. The van der Waals surface area contributed by atoms with Gasteiger partial charge in [0.2, 0.25) is 11.8 Å². The van der Waals surface area contributed by atoms with Gasteiger partial charge in [-0.3, -0.25) is 9.59 Å². The number of methoxy groups -OCH3 is 1. The van der Waals surface area contributed by atoms with E-state index in [1.54, 1.807) is 36.3 Å². The van der Waals surface area contributed by atoms with Crippen LogP contribution in [0.2, 0.25) is 5.02 Å². The van der Waals surface area contributed by atoms with Crippen molar-refractivity contribution in [2.45, 2.75) is 44.9 Å². The van der Waals surface area contributed by atoms with Crippen LogP contribution in [0.25, 0.3) is 11.3 Å². The molecule has 0 aliphatic heterocycles. The number of nitrogens with one attached hydrogen (secondary N) is 1. The standard InChI is InChI=1S/C29H30ClN5O3S2/c1-5-25(28(37)33-22-10-12-23(38-4)13-11-22)35(27(36)17-40-29-31-18(2)14-19(3)32-29)15-26-34-24(16-39-26)20-6-8-21(30)9-7-20/h6-14,16,25H,5,15,17H2,1-4H3,(H,33,37). The third-order valence-electron chi connectivity index (χ3n) is 6.03. The van der Waals surface area contributed by atoms with Crippen molar-refractivity contribution in [1.29, 1.82) is 0 Å². The number of carbonyl (C=O) groups is 2. The van der Waals surface area contributed by atoms with Gasteiger partial charge in [-0.25, -0.2) is 15.0 Å². The molecule has 1 unspecified atom stereocenters. The predicted octanol–water partition coefficient (Wildman–Crippen LogP) is 6.42. The number of amides is 2. The molecule has 0 saturated carbocycles. The first-order chi connectivity index (χ1) is 19.2. The number of hydrogen-bond acceptors (Lipinski definition) is 8. The van der Waals surface area contributed by atoms with Crippen molar-refractivity contribution in [1.82, 2.24) is 19.9 Å². The number of aryl methyl sites for hydroxylation is 2. The first-order valence-corrected chi connectivity index (χ1v) is 14.9. The summed E-state index contributed by atoms with van der Waals surface area (Å²) in [6, 6.07) is 15.7. The molecule has 2 aromatic carbocycles. The highest BCUT2D eigenvalue weighted by Gasteiger charge is 2.30. The van der Waals surface area contributed by atoms with E-state index in [9.17, 15) is 9.59 Å². The van der Waals surface area contributed by atoms with Gasteiger partial charge in [0.25, 0.3) is 0 Å². The summed E-state index contributed by atoms with van der Waals surface area (Å²) >= 11 is 8.74. The fraction of sp³-hybridized carbons (Fsp3) is 0.276. The molecule has 0 radical (unpaired) electrons. The van der Waals surface area contributed by atoms with Gasteiger partial charge in [0.05, 0.1) is 25.1 Å². The number of aromatic nitrogens is 3. The van der Waals surface area contributed by atoms with Crippen LogP contribution in [0.1, 0.15) is 29.7 Å². The van der Waals surface area contributed by atoms with Gasteiger partial charge < -0.3 is 15.0 Å². The molecule has 40 heavy (non-hydrogen) atoms. The van der Waals surface area contributed by atoms with E-state index in [1.165, 1.54) is 23.1 Å². The van der Waals surface area contributed by atoms with E-state index >= 15 is 0 Å². The maximum atomic E-state index is 13.7. The van der Waals surface area contributed by atoms with E-state index in [2.05, 4.69) is 15.3 Å². The van der Waals surface area contributed by atoms with Crippen LogP contribution in [0.15, 0.2) is 65.1 Å². The maximum Gasteiger partial charge on any atom is 0.247 e. The van der Waals surface area contributed by atoms with E-state index < -0.39 is 6.04 Å². The Labute approximate surface area is 247 Å². The highest BCUT2D eigenvalue weighted by atomic mass is 35.5. The zero-order chi connectivity index (χ0) is 28.6. The zero-order valence-electron chi connectivity index (χ0n) is 22.7. The van der Waals surface area contributed by atoms with E-state index in [0.29, 0.717) is 28.0 Å². The van der Waals surface area contributed by atoms with Gasteiger partial charge in [-0.2, -0.15) is 0 Å². The van der Waals surface area contributed by atoms with Crippen molar-refractivity contribution < 1.29 is 14.3 Å². The second kappa shape index (κ2) is 13.7. The number of benzene rings is 2. The van der Waals surface area contributed by atoms with E-state index in [4.69, 9.17) is 21.3 Å². The van der Waals surface area contributed by atoms with Crippen molar-refractivity contribution in [2.75, 3.05) is 18.2 Å². The largest absolute Gasteiger partial charge is 0.497 e. The Morgan fingerprint density at radius 3 is 2.35 bits per heavy atom. The fourth-order valence-corrected chi connectivity index (χ4v) is 5.83. The fourth-order valence-electron chi connectivity index (χ4n) is 4.07. The van der Waals surface area contributed by atoms with E-state index in [1.807, 2.05) is 56.5 Å². The van der Waals surface area contributed by atoms with Gasteiger partial charge in [0.1, 0.15) is 16.8 Å². The molecule has 2 aromatic heterocycles. The van der Waals surface area contributed by atoms with E-state index in [-0.39, 0.29) is 24.1 Å². The summed E-state index contributed by atoms with van der Waals surface area (Å²) in [5.74, 6) is 0.300. The summed E-state index contributed by atoms with van der Waals surface area (Å²) in [7, 11) is 1.59. The Kier molecular flexibility index (Phi) is 10.1. The van der Waals surface area contributed by atoms with Crippen LogP contribution >= 0.6 is 34.7 Å². The van der Waals surface area contributed by atoms with Crippen molar-refractivity contribution in [3.63, 3.8) is 0 Å². The van der Waals surface area contributed by atoms with Crippen molar-refractivity contribution in [3.8, 4) is 17.0 Å². The smallest absolute Gasteiger partial charge is 0.247 e. The highest BCUT2D eigenvalue weighted by Crippen LogP contribution is 2.26. The first kappa shape index (κ1) is 29.5. The second-order valence-electron chi connectivity index (χ2n) is 9.02. The Morgan fingerprint density at radius 1 is 1.05 bits per heavy atom. The average molecular weight is 596 g/mol. The van der Waals surface area contributed by atoms with Gasteiger partial charge in [-0.15, -0.1) is 11.3 Å². The average Bonchev–Trinajstić information content (AvgIpc) is 3.40. The molecular formula is C29H30ClN5O3S2. The third-order valence-corrected chi connectivity index (χ3v) is 7.94. The number of ether oxygens (including phenoxy) is 1. The number of carbonyl (C=O) groups excluding carboxylic acids is 2. The molecule has 0 aliphatic carbocycles. The molecular weight excluding hydrogens is 566 g/mol. The zero-order valence-corrected chi connectivity index (χ0v) is 25.1.